The molecule has 0 aliphatic heterocycles. The Morgan fingerprint density at radius 1 is 1.17 bits per heavy atom. The van der Waals surface area contributed by atoms with Crippen molar-refractivity contribution < 1.29 is 39.4 Å². The Balaban J connectivity index is -0.000000000833. The first-order chi connectivity index (χ1) is 1.00. The van der Waals surface area contributed by atoms with Crippen LogP contribution in [0.2, 0.25) is 0 Å². The summed E-state index contributed by atoms with van der Waals surface area (Å²) in [6.45, 7) is 0. The SMILES string of the molecule is [Cu].[GaH3].[O]=[InH].[SnH4].[Zn]. The van der Waals surface area contributed by atoms with E-state index >= 15 is 0 Å². The maximum atomic E-state index is 8.42. The van der Waals surface area contributed by atoms with Gasteiger partial charge in [-0.3, -0.25) is 0 Å². The van der Waals surface area contributed by atoms with Gasteiger partial charge in [0, 0.05) is 36.5 Å². The van der Waals surface area contributed by atoms with E-state index in [-0.39, 0.29) is 105 Å². The van der Waals surface area contributed by atoms with Gasteiger partial charge in [0.25, 0.3) is 0 Å². The predicted molar refractivity (Wildman–Crippen MR) is 29.1 cm³/mol. The summed E-state index contributed by atoms with van der Waals surface area (Å²) >= 11 is -0.1000. The molecular weight excluding hydrogens is 448 g/mol. The van der Waals surface area contributed by atoms with Crippen LogP contribution in [0.4, 0.5) is 0 Å². The molecule has 0 heterocycles. The van der Waals surface area contributed by atoms with Crippen LogP contribution >= 0.6 is 0 Å². The molecule has 0 rings (SSSR count). The van der Waals surface area contributed by atoms with Gasteiger partial charge in [0.15, 0.2) is 0 Å². The molecule has 0 aliphatic rings. The van der Waals surface area contributed by atoms with Crippen molar-refractivity contribution in [3.8, 4) is 0 Å². The second-order valence-electron chi connectivity index (χ2n) is 0. The van der Waals surface area contributed by atoms with Crippen LogP contribution in [-0.2, 0) is 39.4 Å². The summed E-state index contributed by atoms with van der Waals surface area (Å²) in [6.07, 6.45) is 0. The summed E-state index contributed by atoms with van der Waals surface area (Å²) in [5.74, 6) is 0. The summed E-state index contributed by atoms with van der Waals surface area (Å²) in [7, 11) is 0. The quantitative estimate of drug-likeness (QED) is 0.348. The van der Waals surface area contributed by atoms with E-state index in [9.17, 15) is 0 Å². The van der Waals surface area contributed by atoms with Gasteiger partial charge in [-0.1, -0.05) is 0 Å². The fraction of sp³-hybridized carbons (Fsp3) is 0. The molecule has 0 amide bonds. The fourth-order valence-electron chi connectivity index (χ4n) is 0. The van der Waals surface area contributed by atoms with Gasteiger partial charge in [-0.15, -0.1) is 0 Å². The van der Waals surface area contributed by atoms with Crippen molar-refractivity contribution in [2.75, 3.05) is 0 Å². The molecule has 37 valence electrons. The van der Waals surface area contributed by atoms with E-state index in [1.54, 1.807) is 0 Å². The number of hydrogen-bond donors (Lipinski definition) is 0. The molecule has 0 fully saturated rings. The van der Waals surface area contributed by atoms with Gasteiger partial charge < -0.3 is 0 Å². The molecule has 0 aromatic heterocycles. The molecule has 0 saturated heterocycles. The Hall–Kier alpha value is 3.25. The minimum atomic E-state index is -0.1000. The van der Waals surface area contributed by atoms with Crippen molar-refractivity contribution in [2.24, 2.45) is 0 Å². The smallest absolute Gasteiger partial charge is 0 e. The van der Waals surface area contributed by atoms with E-state index in [0.717, 1.165) is 0 Å². The van der Waals surface area contributed by atoms with E-state index < -0.39 is 0 Å². The molecule has 0 N–H and O–H groups in total. The van der Waals surface area contributed by atoms with Crippen LogP contribution in [-0.4, -0.2) is 68.1 Å². The van der Waals surface area contributed by atoms with Gasteiger partial charge in [-0.2, -0.15) is 0 Å². The summed E-state index contributed by atoms with van der Waals surface area (Å²) in [4.78, 5) is 0. The van der Waals surface area contributed by atoms with E-state index in [0.29, 0.717) is 0 Å². The van der Waals surface area contributed by atoms with Crippen molar-refractivity contribution >= 4 is 68.1 Å². The Morgan fingerprint density at radius 2 is 1.17 bits per heavy atom. The minimum absolute atomic E-state index is 0. The van der Waals surface area contributed by atoms with Crippen LogP contribution in [0, 0.1) is 0 Å². The van der Waals surface area contributed by atoms with E-state index in [2.05, 4.69) is 0 Å². The number of rotatable bonds is 0. The zero-order valence-corrected chi connectivity index (χ0v) is 10.1. The van der Waals surface area contributed by atoms with Gasteiger partial charge in [0.05, 0.1) is 0 Å². The first-order valence-electron chi connectivity index (χ1n) is 0.289. The monoisotopic (exact) mass is 455 g/mol. The normalized spacial score (nSPS) is 0.500. The molecule has 1 radical (unpaired) electrons. The zero-order valence-electron chi connectivity index (χ0n) is 2.12. The maximum Gasteiger partial charge on any atom is 0 e. The van der Waals surface area contributed by atoms with Crippen molar-refractivity contribution in [1.82, 2.24) is 0 Å². The largest absolute Gasteiger partial charge is 0 e. The van der Waals surface area contributed by atoms with Gasteiger partial charge in [0.1, 0.15) is 0 Å². The van der Waals surface area contributed by atoms with Crippen LogP contribution in [0.25, 0.3) is 0 Å². The topological polar surface area (TPSA) is 17.1 Å². The molecule has 0 saturated carbocycles. The zero-order chi connectivity index (χ0) is 2.00. The molecule has 0 bridgehead atoms. The average molecular weight is 456 g/mol. The van der Waals surface area contributed by atoms with Crippen molar-refractivity contribution in [1.29, 1.82) is 0 Å². The second kappa shape index (κ2) is 41.1. The van der Waals surface area contributed by atoms with Crippen LogP contribution < -0.4 is 0 Å². The molecule has 0 aliphatic carbocycles. The van der Waals surface area contributed by atoms with E-state index in [4.69, 9.17) is 2.85 Å². The van der Waals surface area contributed by atoms with Crippen molar-refractivity contribution in [3.63, 3.8) is 0 Å². The van der Waals surface area contributed by atoms with Crippen LogP contribution in [0.5, 0.6) is 0 Å². The molecule has 0 aromatic rings. The predicted octanol–water partition coefficient (Wildman–Crippen LogP) is -3.41. The second-order valence-corrected chi connectivity index (χ2v) is 0. The van der Waals surface area contributed by atoms with Crippen molar-refractivity contribution in [2.45, 2.75) is 0 Å². The molecule has 6 heavy (non-hydrogen) atoms. The molecule has 1 nitrogen and oxygen atoms in total. The molecule has 0 unspecified atom stereocenters. The third kappa shape index (κ3) is 26.8. The molecular formula is H8CuGaInOSnZn. The first-order valence-corrected chi connectivity index (χ1v) is 1.94. The van der Waals surface area contributed by atoms with Gasteiger partial charge >= 0.3 is 70.9 Å². The molecule has 0 aromatic carbocycles. The Morgan fingerprint density at radius 3 is 1.17 bits per heavy atom. The van der Waals surface area contributed by atoms with Crippen LogP contribution in [0.3, 0.4) is 0 Å². The summed E-state index contributed by atoms with van der Waals surface area (Å²) < 4.78 is 8.42. The Labute approximate surface area is 105 Å². The Bertz CT molecular complexity index is 15.5. The number of hydrogen-bond acceptors (Lipinski definition) is 1. The molecule has 0 atom stereocenters. The minimum Gasteiger partial charge on any atom is 0 e. The molecule has 6 heteroatoms. The fourth-order valence-corrected chi connectivity index (χ4v) is 0. The van der Waals surface area contributed by atoms with E-state index in [1.807, 2.05) is 0 Å². The third-order valence-electron chi connectivity index (χ3n) is 0. The standard InChI is InChI=1S/Cu.Ga.In.O.Sn.Zn.8H. The van der Waals surface area contributed by atoms with Crippen LogP contribution in [0.15, 0.2) is 0 Å². The summed E-state index contributed by atoms with van der Waals surface area (Å²) in [6, 6.07) is 0. The van der Waals surface area contributed by atoms with Crippen LogP contribution in [0.1, 0.15) is 0 Å². The van der Waals surface area contributed by atoms with Gasteiger partial charge in [-0.25, -0.2) is 0 Å². The Kier molecular flexibility index (Phi) is 239. The molecule has 0 spiro atoms. The van der Waals surface area contributed by atoms with Crippen molar-refractivity contribution in [3.05, 3.63) is 0 Å². The summed E-state index contributed by atoms with van der Waals surface area (Å²) in [5, 5.41) is 0. The van der Waals surface area contributed by atoms with E-state index in [1.165, 1.54) is 0 Å². The summed E-state index contributed by atoms with van der Waals surface area (Å²) in [5.41, 5.74) is 0. The maximum absolute atomic E-state index is 8.42. The van der Waals surface area contributed by atoms with Gasteiger partial charge in [-0.05, 0) is 0 Å². The van der Waals surface area contributed by atoms with Gasteiger partial charge in [0.2, 0.25) is 0 Å². The third-order valence-corrected chi connectivity index (χ3v) is 0. The average Bonchev–Trinajstić information content (AvgIpc) is 1.00. The first kappa shape index (κ1) is 34.9.